The van der Waals surface area contributed by atoms with Gasteiger partial charge in [0, 0.05) is 6.20 Å². The molecule has 4 nitrogen and oxygen atoms in total. The Hall–Kier alpha value is -2.95. The molecule has 0 aliphatic heterocycles. The number of rotatable bonds is 4. The van der Waals surface area contributed by atoms with Crippen LogP contribution in [0, 0.1) is 5.82 Å². The maximum absolute atomic E-state index is 12.9. The van der Waals surface area contributed by atoms with Crippen LogP contribution in [-0.4, -0.2) is 15.7 Å². The number of amides is 1. The monoisotopic (exact) mass is 309 g/mol. The molecule has 3 rings (SSSR count). The van der Waals surface area contributed by atoms with Gasteiger partial charge in [-0.15, -0.1) is 0 Å². The average molecular weight is 309 g/mol. The minimum Gasteiger partial charge on any atom is -0.345 e. The fraction of sp³-hybridized carbons (Fsp3) is 0.111. The lowest BCUT2D eigenvalue weighted by Crippen LogP contribution is -2.26. The van der Waals surface area contributed by atoms with Crippen molar-refractivity contribution in [2.75, 3.05) is 0 Å². The Bertz CT molecular complexity index is 797. The number of hydrogen-bond donors (Lipinski definition) is 1. The molecule has 0 radical (unpaired) electrons. The van der Waals surface area contributed by atoms with Gasteiger partial charge >= 0.3 is 0 Å². The van der Waals surface area contributed by atoms with Gasteiger partial charge < -0.3 is 5.32 Å². The lowest BCUT2D eigenvalue weighted by atomic mass is 10.1. The van der Waals surface area contributed by atoms with Crippen molar-refractivity contribution in [1.82, 2.24) is 15.1 Å². The summed E-state index contributed by atoms with van der Waals surface area (Å²) in [6.07, 6.45) is 3.21. The molecule has 0 unspecified atom stereocenters. The molecule has 0 saturated carbocycles. The highest BCUT2D eigenvalue weighted by atomic mass is 19.1. The van der Waals surface area contributed by atoms with Crippen LogP contribution in [0.2, 0.25) is 0 Å². The normalized spacial score (nSPS) is 11.9. The molecule has 0 aliphatic rings. The first kappa shape index (κ1) is 15.0. The molecule has 1 amide bonds. The van der Waals surface area contributed by atoms with Gasteiger partial charge in [0.05, 0.1) is 23.5 Å². The number of benzene rings is 2. The topological polar surface area (TPSA) is 46.9 Å². The van der Waals surface area contributed by atoms with Crippen molar-refractivity contribution in [3.05, 3.63) is 83.9 Å². The zero-order chi connectivity index (χ0) is 16.2. The SMILES string of the molecule is C[C@@H](NC(=O)c1cnn(-c2ccccc2)c1)c1ccc(F)cc1. The van der Waals surface area contributed by atoms with E-state index in [2.05, 4.69) is 10.4 Å². The quantitative estimate of drug-likeness (QED) is 0.802. The van der Waals surface area contributed by atoms with E-state index in [0.29, 0.717) is 5.56 Å². The summed E-state index contributed by atoms with van der Waals surface area (Å²) in [7, 11) is 0. The van der Waals surface area contributed by atoms with Gasteiger partial charge in [-0.2, -0.15) is 5.10 Å². The summed E-state index contributed by atoms with van der Waals surface area (Å²) in [5.41, 5.74) is 2.20. The number of carbonyl (C=O) groups excluding carboxylic acids is 1. The highest BCUT2D eigenvalue weighted by molar-refractivity contribution is 5.94. The van der Waals surface area contributed by atoms with Crippen LogP contribution in [0.1, 0.15) is 28.9 Å². The van der Waals surface area contributed by atoms with Crippen LogP contribution < -0.4 is 5.32 Å². The molecule has 5 heteroatoms. The largest absolute Gasteiger partial charge is 0.345 e. The van der Waals surface area contributed by atoms with Gasteiger partial charge in [0.2, 0.25) is 0 Å². The van der Waals surface area contributed by atoms with Gasteiger partial charge in [-0.1, -0.05) is 30.3 Å². The summed E-state index contributed by atoms with van der Waals surface area (Å²) >= 11 is 0. The van der Waals surface area contributed by atoms with E-state index in [0.717, 1.165) is 11.3 Å². The first-order chi connectivity index (χ1) is 11.1. The summed E-state index contributed by atoms with van der Waals surface area (Å²) in [4.78, 5) is 12.3. The number of para-hydroxylation sites is 1. The van der Waals surface area contributed by atoms with Crippen molar-refractivity contribution in [2.24, 2.45) is 0 Å². The van der Waals surface area contributed by atoms with Gasteiger partial charge in [-0.25, -0.2) is 9.07 Å². The second-order valence-electron chi connectivity index (χ2n) is 5.26. The highest BCUT2D eigenvalue weighted by Crippen LogP contribution is 2.14. The van der Waals surface area contributed by atoms with E-state index >= 15 is 0 Å². The van der Waals surface area contributed by atoms with Crippen LogP contribution in [0.4, 0.5) is 4.39 Å². The Balaban J connectivity index is 1.71. The van der Waals surface area contributed by atoms with E-state index in [9.17, 15) is 9.18 Å². The third-order valence-electron chi connectivity index (χ3n) is 3.58. The molecule has 0 fully saturated rings. The molecule has 3 aromatic rings. The molecular formula is C18H16FN3O. The number of nitrogens with zero attached hydrogens (tertiary/aromatic N) is 2. The van der Waals surface area contributed by atoms with Crippen molar-refractivity contribution < 1.29 is 9.18 Å². The lowest BCUT2D eigenvalue weighted by Gasteiger charge is -2.13. The Morgan fingerprint density at radius 3 is 2.52 bits per heavy atom. The first-order valence-electron chi connectivity index (χ1n) is 7.30. The average Bonchev–Trinajstić information content (AvgIpc) is 3.06. The van der Waals surface area contributed by atoms with Crippen molar-refractivity contribution in [3.63, 3.8) is 0 Å². The summed E-state index contributed by atoms with van der Waals surface area (Å²) in [5, 5.41) is 7.09. The highest BCUT2D eigenvalue weighted by Gasteiger charge is 2.13. The zero-order valence-corrected chi connectivity index (χ0v) is 12.6. The van der Waals surface area contributed by atoms with Crippen LogP contribution in [-0.2, 0) is 0 Å². The maximum atomic E-state index is 12.9. The third kappa shape index (κ3) is 3.45. The predicted molar refractivity (Wildman–Crippen MR) is 85.8 cm³/mol. The van der Waals surface area contributed by atoms with Crippen LogP contribution in [0.15, 0.2) is 67.0 Å². The molecule has 0 bridgehead atoms. The van der Waals surface area contributed by atoms with Crippen LogP contribution >= 0.6 is 0 Å². The summed E-state index contributed by atoms with van der Waals surface area (Å²) < 4.78 is 14.6. The van der Waals surface area contributed by atoms with E-state index in [-0.39, 0.29) is 17.8 Å². The minimum absolute atomic E-state index is 0.219. The van der Waals surface area contributed by atoms with Gasteiger partial charge in [-0.3, -0.25) is 4.79 Å². The standard InChI is InChI=1S/C18H16FN3O/c1-13(14-7-9-16(19)10-8-14)21-18(23)15-11-20-22(12-15)17-5-3-2-4-6-17/h2-13H,1H3,(H,21,23)/t13-/m1/s1. The summed E-state index contributed by atoms with van der Waals surface area (Å²) in [6, 6.07) is 15.4. The second kappa shape index (κ2) is 6.44. The predicted octanol–water partition coefficient (Wildman–Crippen LogP) is 3.50. The molecule has 0 saturated heterocycles. The van der Waals surface area contributed by atoms with E-state index < -0.39 is 0 Å². The molecule has 0 aliphatic carbocycles. The van der Waals surface area contributed by atoms with Gasteiger partial charge in [0.25, 0.3) is 5.91 Å². The Labute approximate surface area is 133 Å². The first-order valence-corrected chi connectivity index (χ1v) is 7.30. The third-order valence-corrected chi connectivity index (χ3v) is 3.58. The molecule has 1 aromatic heterocycles. The molecule has 2 aromatic carbocycles. The molecule has 1 atom stereocenters. The molecule has 1 heterocycles. The zero-order valence-electron chi connectivity index (χ0n) is 12.6. The fourth-order valence-corrected chi connectivity index (χ4v) is 2.28. The Morgan fingerprint density at radius 2 is 1.83 bits per heavy atom. The smallest absolute Gasteiger partial charge is 0.254 e. The Morgan fingerprint density at radius 1 is 1.13 bits per heavy atom. The Kier molecular flexibility index (Phi) is 4.19. The molecule has 116 valence electrons. The van der Waals surface area contributed by atoms with E-state index in [1.165, 1.54) is 18.3 Å². The number of nitrogens with one attached hydrogen (secondary N) is 1. The van der Waals surface area contributed by atoms with Crippen LogP contribution in [0.25, 0.3) is 5.69 Å². The van der Waals surface area contributed by atoms with Gasteiger partial charge in [0.15, 0.2) is 0 Å². The number of hydrogen-bond acceptors (Lipinski definition) is 2. The number of halogens is 1. The van der Waals surface area contributed by atoms with Crippen molar-refractivity contribution in [3.8, 4) is 5.69 Å². The lowest BCUT2D eigenvalue weighted by molar-refractivity contribution is 0.0940. The van der Waals surface area contributed by atoms with Crippen molar-refractivity contribution in [2.45, 2.75) is 13.0 Å². The van der Waals surface area contributed by atoms with Gasteiger partial charge in [-0.05, 0) is 36.8 Å². The van der Waals surface area contributed by atoms with E-state index in [4.69, 9.17) is 0 Å². The molecule has 0 spiro atoms. The maximum Gasteiger partial charge on any atom is 0.254 e. The van der Waals surface area contributed by atoms with Crippen LogP contribution in [0.5, 0.6) is 0 Å². The summed E-state index contributed by atoms with van der Waals surface area (Å²) in [5.74, 6) is -0.513. The molecular weight excluding hydrogens is 293 g/mol. The number of aromatic nitrogens is 2. The van der Waals surface area contributed by atoms with E-state index in [1.54, 1.807) is 23.0 Å². The van der Waals surface area contributed by atoms with Crippen molar-refractivity contribution in [1.29, 1.82) is 0 Å². The van der Waals surface area contributed by atoms with E-state index in [1.807, 2.05) is 37.3 Å². The van der Waals surface area contributed by atoms with Crippen molar-refractivity contribution >= 4 is 5.91 Å². The van der Waals surface area contributed by atoms with Gasteiger partial charge in [0.1, 0.15) is 5.82 Å². The minimum atomic E-state index is -0.295. The molecule has 1 N–H and O–H groups in total. The second-order valence-corrected chi connectivity index (χ2v) is 5.26. The fourth-order valence-electron chi connectivity index (χ4n) is 2.28. The summed E-state index contributed by atoms with van der Waals surface area (Å²) in [6.45, 7) is 1.85. The van der Waals surface area contributed by atoms with Crippen LogP contribution in [0.3, 0.4) is 0 Å². The number of carbonyl (C=O) groups is 1. The molecule has 23 heavy (non-hydrogen) atoms.